The third kappa shape index (κ3) is 3.70. The minimum Gasteiger partial charge on any atom is -0.371 e. The zero-order chi connectivity index (χ0) is 13.7. The number of hydrogen-bond donors (Lipinski definition) is 2. The number of hydrogen-bond acceptors (Lipinski definition) is 3. The van der Waals surface area contributed by atoms with Crippen molar-refractivity contribution >= 4 is 17.3 Å². The highest BCUT2D eigenvalue weighted by Gasteiger charge is 2.15. The summed E-state index contributed by atoms with van der Waals surface area (Å²) in [6.07, 6.45) is 4.13. The van der Waals surface area contributed by atoms with E-state index in [2.05, 4.69) is 16.3 Å². The molecule has 1 aliphatic heterocycles. The van der Waals surface area contributed by atoms with Crippen molar-refractivity contribution in [1.29, 1.82) is 0 Å². The number of benzene rings is 1. The van der Waals surface area contributed by atoms with Crippen LogP contribution >= 0.6 is 0 Å². The number of carbonyl (C=O) groups excluding carboxylic acids is 1. The van der Waals surface area contributed by atoms with Crippen LogP contribution in [0.4, 0.5) is 11.4 Å². The summed E-state index contributed by atoms with van der Waals surface area (Å²) in [5, 5.41) is 2.90. The van der Waals surface area contributed by atoms with Gasteiger partial charge in [-0.15, -0.1) is 0 Å². The van der Waals surface area contributed by atoms with Crippen molar-refractivity contribution in [1.82, 2.24) is 0 Å². The van der Waals surface area contributed by atoms with Crippen molar-refractivity contribution in [2.24, 2.45) is 5.73 Å². The SMILES string of the molecule is CCCC(N)C(=O)Nc1cccc(N2CCCC2)c1. The Morgan fingerprint density at radius 3 is 2.84 bits per heavy atom. The van der Waals surface area contributed by atoms with Gasteiger partial charge in [-0.3, -0.25) is 4.79 Å². The highest BCUT2D eigenvalue weighted by Crippen LogP contribution is 2.23. The minimum absolute atomic E-state index is 0.0968. The van der Waals surface area contributed by atoms with E-state index in [-0.39, 0.29) is 5.91 Å². The first-order valence-corrected chi connectivity index (χ1v) is 7.12. The van der Waals surface area contributed by atoms with Crippen LogP contribution in [0.15, 0.2) is 24.3 Å². The second-order valence-electron chi connectivity index (χ2n) is 5.13. The van der Waals surface area contributed by atoms with Crippen LogP contribution in [0.2, 0.25) is 0 Å². The van der Waals surface area contributed by atoms with E-state index in [1.807, 2.05) is 25.1 Å². The molecule has 1 atom stereocenters. The van der Waals surface area contributed by atoms with Crippen LogP contribution in [0.5, 0.6) is 0 Å². The maximum Gasteiger partial charge on any atom is 0.241 e. The van der Waals surface area contributed by atoms with E-state index < -0.39 is 6.04 Å². The quantitative estimate of drug-likeness (QED) is 0.855. The summed E-state index contributed by atoms with van der Waals surface area (Å²) in [6.45, 7) is 4.24. The van der Waals surface area contributed by atoms with Crippen LogP contribution in [-0.2, 0) is 4.79 Å². The third-order valence-corrected chi connectivity index (χ3v) is 3.52. The lowest BCUT2D eigenvalue weighted by molar-refractivity contribution is -0.117. The van der Waals surface area contributed by atoms with Gasteiger partial charge < -0.3 is 16.0 Å². The van der Waals surface area contributed by atoms with Gasteiger partial charge in [-0.2, -0.15) is 0 Å². The Morgan fingerprint density at radius 2 is 2.16 bits per heavy atom. The Hall–Kier alpha value is -1.55. The lowest BCUT2D eigenvalue weighted by Gasteiger charge is -2.19. The normalized spacial score (nSPS) is 16.4. The number of amides is 1. The highest BCUT2D eigenvalue weighted by molar-refractivity contribution is 5.95. The molecule has 2 rings (SSSR count). The first kappa shape index (κ1) is 13.9. The Morgan fingerprint density at radius 1 is 1.42 bits per heavy atom. The van der Waals surface area contributed by atoms with Crippen molar-refractivity contribution in [3.05, 3.63) is 24.3 Å². The first-order valence-electron chi connectivity index (χ1n) is 7.12. The monoisotopic (exact) mass is 261 g/mol. The molecule has 1 aliphatic rings. The largest absolute Gasteiger partial charge is 0.371 e. The fraction of sp³-hybridized carbons (Fsp3) is 0.533. The lowest BCUT2D eigenvalue weighted by Crippen LogP contribution is -2.35. The van der Waals surface area contributed by atoms with Gasteiger partial charge in [0.05, 0.1) is 6.04 Å². The summed E-state index contributed by atoms with van der Waals surface area (Å²) in [5.74, 6) is -0.0968. The summed E-state index contributed by atoms with van der Waals surface area (Å²) < 4.78 is 0. The van der Waals surface area contributed by atoms with Crippen LogP contribution in [-0.4, -0.2) is 25.0 Å². The van der Waals surface area contributed by atoms with Crippen LogP contribution in [0, 0.1) is 0 Å². The van der Waals surface area contributed by atoms with Crippen LogP contribution in [0.3, 0.4) is 0 Å². The highest BCUT2D eigenvalue weighted by atomic mass is 16.2. The van der Waals surface area contributed by atoms with Crippen molar-refractivity contribution in [2.75, 3.05) is 23.3 Å². The summed E-state index contributed by atoms with van der Waals surface area (Å²) in [6, 6.07) is 7.60. The second kappa shape index (κ2) is 6.57. The standard InChI is InChI=1S/C15H23N3O/c1-2-6-14(16)15(19)17-12-7-5-8-13(11-12)18-9-3-4-10-18/h5,7-8,11,14H,2-4,6,9-10,16H2,1H3,(H,17,19). The molecule has 1 heterocycles. The number of anilines is 2. The molecule has 1 amide bonds. The van der Waals surface area contributed by atoms with Crippen LogP contribution < -0.4 is 16.0 Å². The summed E-state index contributed by atoms with van der Waals surface area (Å²) in [7, 11) is 0. The van der Waals surface area contributed by atoms with E-state index in [4.69, 9.17) is 5.73 Å². The minimum atomic E-state index is -0.416. The maximum absolute atomic E-state index is 11.9. The summed E-state index contributed by atoms with van der Waals surface area (Å²) in [5.41, 5.74) is 7.83. The molecular weight excluding hydrogens is 238 g/mol. The number of nitrogens with zero attached hydrogens (tertiary/aromatic N) is 1. The molecule has 4 heteroatoms. The summed E-state index contributed by atoms with van der Waals surface area (Å²) in [4.78, 5) is 14.2. The van der Waals surface area contributed by atoms with E-state index in [0.717, 1.165) is 31.6 Å². The number of nitrogens with one attached hydrogen (secondary N) is 1. The van der Waals surface area contributed by atoms with E-state index in [9.17, 15) is 4.79 Å². The topological polar surface area (TPSA) is 58.4 Å². The van der Waals surface area contributed by atoms with E-state index in [0.29, 0.717) is 0 Å². The molecule has 1 unspecified atom stereocenters. The second-order valence-corrected chi connectivity index (χ2v) is 5.13. The van der Waals surface area contributed by atoms with Crippen LogP contribution in [0.25, 0.3) is 0 Å². The molecule has 0 aromatic heterocycles. The van der Waals surface area contributed by atoms with Gasteiger partial charge in [0.15, 0.2) is 0 Å². The number of rotatable bonds is 5. The first-order chi connectivity index (χ1) is 9.20. The summed E-state index contributed by atoms with van der Waals surface area (Å²) >= 11 is 0. The van der Waals surface area contributed by atoms with Crippen molar-refractivity contribution < 1.29 is 4.79 Å². The maximum atomic E-state index is 11.9. The Bertz CT molecular complexity index is 427. The van der Waals surface area contributed by atoms with Gasteiger partial charge in [0, 0.05) is 24.5 Å². The zero-order valence-electron chi connectivity index (χ0n) is 11.6. The lowest BCUT2D eigenvalue weighted by atomic mass is 10.1. The molecule has 104 valence electrons. The smallest absolute Gasteiger partial charge is 0.241 e. The zero-order valence-corrected chi connectivity index (χ0v) is 11.6. The van der Waals surface area contributed by atoms with Gasteiger partial charge in [0.25, 0.3) is 0 Å². The van der Waals surface area contributed by atoms with Gasteiger partial charge in [-0.05, 0) is 37.5 Å². The molecular formula is C15H23N3O. The molecule has 1 fully saturated rings. The molecule has 1 saturated heterocycles. The Balaban J connectivity index is 2.00. The molecule has 1 aromatic rings. The van der Waals surface area contributed by atoms with Gasteiger partial charge in [-0.25, -0.2) is 0 Å². The average Bonchev–Trinajstić information content (AvgIpc) is 2.93. The van der Waals surface area contributed by atoms with Gasteiger partial charge >= 0.3 is 0 Å². The fourth-order valence-electron chi connectivity index (χ4n) is 2.43. The van der Waals surface area contributed by atoms with Gasteiger partial charge in [0.1, 0.15) is 0 Å². The van der Waals surface area contributed by atoms with Crippen molar-refractivity contribution in [3.8, 4) is 0 Å². The van der Waals surface area contributed by atoms with E-state index >= 15 is 0 Å². The molecule has 4 nitrogen and oxygen atoms in total. The third-order valence-electron chi connectivity index (χ3n) is 3.52. The molecule has 3 N–H and O–H groups in total. The molecule has 0 radical (unpaired) electrons. The average molecular weight is 261 g/mol. The van der Waals surface area contributed by atoms with Crippen molar-refractivity contribution in [2.45, 2.75) is 38.6 Å². The molecule has 0 aliphatic carbocycles. The molecule has 1 aromatic carbocycles. The molecule has 0 spiro atoms. The number of carbonyl (C=O) groups is 1. The number of nitrogens with two attached hydrogens (primary N) is 1. The molecule has 0 saturated carbocycles. The van der Waals surface area contributed by atoms with Crippen molar-refractivity contribution in [3.63, 3.8) is 0 Å². The predicted octanol–water partition coefficient (Wildman–Crippen LogP) is 2.35. The van der Waals surface area contributed by atoms with E-state index in [1.165, 1.54) is 18.5 Å². The van der Waals surface area contributed by atoms with Crippen LogP contribution in [0.1, 0.15) is 32.6 Å². The molecule has 0 bridgehead atoms. The Labute approximate surface area is 115 Å². The van der Waals surface area contributed by atoms with E-state index in [1.54, 1.807) is 0 Å². The predicted molar refractivity (Wildman–Crippen MR) is 79.4 cm³/mol. The Kier molecular flexibility index (Phi) is 4.80. The molecule has 19 heavy (non-hydrogen) atoms. The van der Waals surface area contributed by atoms with Gasteiger partial charge in [-0.1, -0.05) is 19.4 Å². The fourth-order valence-corrected chi connectivity index (χ4v) is 2.43. The van der Waals surface area contributed by atoms with Gasteiger partial charge in [0.2, 0.25) is 5.91 Å².